The molecule has 0 bridgehead atoms. The summed E-state index contributed by atoms with van der Waals surface area (Å²) >= 11 is 0. The van der Waals surface area contributed by atoms with Crippen molar-refractivity contribution in [2.75, 3.05) is 6.54 Å². The second-order valence-corrected chi connectivity index (χ2v) is 4.83. The zero-order chi connectivity index (χ0) is 13.8. The molecule has 1 amide bonds. The van der Waals surface area contributed by atoms with E-state index >= 15 is 0 Å². The third-order valence-corrected chi connectivity index (χ3v) is 3.42. The van der Waals surface area contributed by atoms with Crippen LogP contribution in [0.1, 0.15) is 49.3 Å². The van der Waals surface area contributed by atoms with Crippen molar-refractivity contribution in [2.24, 2.45) is 0 Å². The lowest BCUT2D eigenvalue weighted by molar-refractivity contribution is 0.0734. The number of amides is 1. The summed E-state index contributed by atoms with van der Waals surface area (Å²) in [5.74, 6) is 0.0202. The van der Waals surface area contributed by atoms with Gasteiger partial charge in [-0.05, 0) is 32.3 Å². The summed E-state index contributed by atoms with van der Waals surface area (Å²) in [6, 6.07) is 4.32. The van der Waals surface area contributed by atoms with Gasteiger partial charge in [0.1, 0.15) is 5.69 Å². The summed E-state index contributed by atoms with van der Waals surface area (Å²) in [7, 11) is 0. The summed E-state index contributed by atoms with van der Waals surface area (Å²) in [5.41, 5.74) is 1.60. The molecular formula is C14H20N4O. The van der Waals surface area contributed by atoms with E-state index in [0.717, 1.165) is 25.0 Å². The molecule has 102 valence electrons. The van der Waals surface area contributed by atoms with Crippen LogP contribution in [-0.4, -0.2) is 33.2 Å². The highest BCUT2D eigenvalue weighted by Gasteiger charge is 2.34. The number of aryl methyl sites for hydroxylation is 2. The molecule has 1 heterocycles. The van der Waals surface area contributed by atoms with Gasteiger partial charge in [-0.15, -0.1) is 0 Å². The van der Waals surface area contributed by atoms with Crippen molar-refractivity contribution in [1.82, 2.24) is 14.7 Å². The van der Waals surface area contributed by atoms with Crippen LogP contribution in [0.2, 0.25) is 0 Å². The van der Waals surface area contributed by atoms with Gasteiger partial charge in [0.2, 0.25) is 0 Å². The lowest BCUT2D eigenvalue weighted by Gasteiger charge is -2.21. The van der Waals surface area contributed by atoms with Crippen LogP contribution >= 0.6 is 0 Å². The van der Waals surface area contributed by atoms with Gasteiger partial charge >= 0.3 is 0 Å². The minimum atomic E-state index is 0.0202. The number of nitrogens with zero attached hydrogens (tertiary/aromatic N) is 4. The van der Waals surface area contributed by atoms with Crippen molar-refractivity contribution in [1.29, 1.82) is 5.26 Å². The number of hydrogen-bond donors (Lipinski definition) is 0. The molecule has 1 saturated carbocycles. The number of rotatable bonds is 6. The quantitative estimate of drug-likeness (QED) is 0.785. The Kier molecular flexibility index (Phi) is 4.20. The first-order valence-corrected chi connectivity index (χ1v) is 6.95. The summed E-state index contributed by atoms with van der Waals surface area (Å²) in [6.07, 6.45) is 3.33. The molecule has 0 aliphatic heterocycles. The topological polar surface area (TPSA) is 61.9 Å². The lowest BCUT2D eigenvalue weighted by Crippen LogP contribution is -2.35. The van der Waals surface area contributed by atoms with E-state index in [-0.39, 0.29) is 5.91 Å². The average molecular weight is 260 g/mol. The Balaban J connectivity index is 2.20. The molecule has 0 N–H and O–H groups in total. The molecule has 0 unspecified atom stereocenters. The first-order valence-electron chi connectivity index (χ1n) is 6.95. The summed E-state index contributed by atoms with van der Waals surface area (Å²) < 4.78 is 1.77. The van der Waals surface area contributed by atoms with Crippen molar-refractivity contribution in [3.63, 3.8) is 0 Å². The Morgan fingerprint density at radius 3 is 2.84 bits per heavy atom. The maximum absolute atomic E-state index is 12.6. The maximum Gasteiger partial charge on any atom is 0.272 e. The van der Waals surface area contributed by atoms with Gasteiger partial charge < -0.3 is 4.90 Å². The molecule has 2 rings (SSSR count). The SMILES string of the molecule is CCc1cc(C(=O)N(CCC#N)C2CC2)n(CC)n1. The highest BCUT2D eigenvalue weighted by molar-refractivity contribution is 5.93. The van der Waals surface area contributed by atoms with E-state index in [2.05, 4.69) is 11.2 Å². The number of carbonyl (C=O) groups is 1. The van der Waals surface area contributed by atoms with Crippen molar-refractivity contribution in [2.45, 2.75) is 52.1 Å². The van der Waals surface area contributed by atoms with Gasteiger partial charge in [-0.25, -0.2) is 0 Å². The average Bonchev–Trinajstić information content (AvgIpc) is 3.17. The molecule has 0 saturated heterocycles. The van der Waals surface area contributed by atoms with Crippen LogP contribution in [0.25, 0.3) is 0 Å². The molecule has 1 aliphatic rings. The third-order valence-electron chi connectivity index (χ3n) is 3.42. The Morgan fingerprint density at radius 1 is 1.58 bits per heavy atom. The summed E-state index contributed by atoms with van der Waals surface area (Å²) in [6.45, 7) is 5.24. The van der Waals surface area contributed by atoms with Gasteiger partial charge in [-0.2, -0.15) is 10.4 Å². The van der Waals surface area contributed by atoms with Crippen LogP contribution in [0, 0.1) is 11.3 Å². The molecule has 1 aromatic heterocycles. The lowest BCUT2D eigenvalue weighted by atomic mass is 10.2. The molecule has 1 aromatic rings. The van der Waals surface area contributed by atoms with E-state index in [1.54, 1.807) is 4.68 Å². The molecular weight excluding hydrogens is 240 g/mol. The third kappa shape index (κ3) is 2.95. The van der Waals surface area contributed by atoms with Gasteiger partial charge in [-0.3, -0.25) is 9.48 Å². The molecule has 0 radical (unpaired) electrons. The Morgan fingerprint density at radius 2 is 2.32 bits per heavy atom. The first kappa shape index (κ1) is 13.6. The van der Waals surface area contributed by atoms with E-state index in [1.165, 1.54) is 0 Å². The largest absolute Gasteiger partial charge is 0.333 e. The van der Waals surface area contributed by atoms with E-state index in [1.807, 2.05) is 24.8 Å². The van der Waals surface area contributed by atoms with Gasteiger partial charge in [-0.1, -0.05) is 6.92 Å². The van der Waals surface area contributed by atoms with Crippen LogP contribution < -0.4 is 0 Å². The number of nitriles is 1. The zero-order valence-electron chi connectivity index (χ0n) is 11.6. The fourth-order valence-electron chi connectivity index (χ4n) is 2.21. The van der Waals surface area contributed by atoms with Crippen LogP contribution in [0.15, 0.2) is 6.07 Å². The van der Waals surface area contributed by atoms with Crippen LogP contribution in [0.4, 0.5) is 0 Å². The zero-order valence-corrected chi connectivity index (χ0v) is 11.6. The second kappa shape index (κ2) is 5.87. The van der Waals surface area contributed by atoms with Crippen molar-refractivity contribution in [3.8, 4) is 6.07 Å². The van der Waals surface area contributed by atoms with Crippen molar-refractivity contribution >= 4 is 5.91 Å². The monoisotopic (exact) mass is 260 g/mol. The highest BCUT2D eigenvalue weighted by Crippen LogP contribution is 2.28. The maximum atomic E-state index is 12.6. The molecule has 19 heavy (non-hydrogen) atoms. The van der Waals surface area contributed by atoms with Crippen LogP contribution in [0.5, 0.6) is 0 Å². The van der Waals surface area contributed by atoms with Crippen molar-refractivity contribution in [3.05, 3.63) is 17.5 Å². The summed E-state index contributed by atoms with van der Waals surface area (Å²) in [4.78, 5) is 14.4. The smallest absolute Gasteiger partial charge is 0.272 e. The molecule has 1 aliphatic carbocycles. The Labute approximate surface area is 113 Å². The van der Waals surface area contributed by atoms with E-state index in [9.17, 15) is 4.79 Å². The molecule has 1 fully saturated rings. The first-order chi connectivity index (χ1) is 9.21. The fraction of sp³-hybridized carbons (Fsp3) is 0.643. The predicted molar refractivity (Wildman–Crippen MR) is 71.6 cm³/mol. The fourth-order valence-corrected chi connectivity index (χ4v) is 2.21. The Hall–Kier alpha value is -1.83. The normalized spacial score (nSPS) is 14.2. The second-order valence-electron chi connectivity index (χ2n) is 4.83. The van der Waals surface area contributed by atoms with Gasteiger partial charge in [0.15, 0.2) is 0 Å². The minimum Gasteiger partial charge on any atom is -0.333 e. The molecule has 0 aromatic carbocycles. The molecule has 0 atom stereocenters. The molecule has 5 heteroatoms. The number of aromatic nitrogens is 2. The van der Waals surface area contributed by atoms with Crippen LogP contribution in [0.3, 0.4) is 0 Å². The van der Waals surface area contributed by atoms with Crippen molar-refractivity contribution < 1.29 is 4.79 Å². The molecule has 0 spiro atoms. The van der Waals surface area contributed by atoms with E-state index in [0.29, 0.717) is 31.2 Å². The van der Waals surface area contributed by atoms with Gasteiger partial charge in [0.05, 0.1) is 18.2 Å². The molecule has 5 nitrogen and oxygen atoms in total. The number of carbonyl (C=O) groups excluding carboxylic acids is 1. The van der Waals surface area contributed by atoms with E-state index < -0.39 is 0 Å². The number of hydrogen-bond acceptors (Lipinski definition) is 3. The highest BCUT2D eigenvalue weighted by atomic mass is 16.2. The minimum absolute atomic E-state index is 0.0202. The van der Waals surface area contributed by atoms with Gasteiger partial charge in [0, 0.05) is 19.1 Å². The van der Waals surface area contributed by atoms with E-state index in [4.69, 9.17) is 5.26 Å². The Bertz CT molecular complexity index is 496. The summed E-state index contributed by atoms with van der Waals surface area (Å²) in [5, 5.41) is 13.1. The van der Waals surface area contributed by atoms with Gasteiger partial charge in [0.25, 0.3) is 5.91 Å². The van der Waals surface area contributed by atoms with Crippen LogP contribution in [-0.2, 0) is 13.0 Å². The standard InChI is InChI=1S/C14H20N4O/c1-3-11-10-13(18(4-2)16-11)14(19)17(9-5-8-15)12-6-7-12/h10,12H,3-7,9H2,1-2H3. The predicted octanol–water partition coefficient (Wildman–Crippen LogP) is 1.98.